The third-order valence-electron chi connectivity index (χ3n) is 3.46. The molecule has 2 aromatic carbocycles. The van der Waals surface area contributed by atoms with Gasteiger partial charge in [0.05, 0.1) is 0 Å². The van der Waals surface area contributed by atoms with Gasteiger partial charge in [-0.1, -0.05) is 19.1 Å². The van der Waals surface area contributed by atoms with Crippen LogP contribution in [0.5, 0.6) is 0 Å². The van der Waals surface area contributed by atoms with Crippen molar-refractivity contribution in [1.29, 1.82) is 0 Å². The number of carbonyl (C=O) groups excluding carboxylic acids is 3. The van der Waals surface area contributed by atoms with Crippen molar-refractivity contribution >= 4 is 34.8 Å². The maximum Gasteiger partial charge on any atom is 0.255 e. The predicted molar refractivity (Wildman–Crippen MR) is 98.8 cm³/mol. The Balaban J connectivity index is 2.26. The second-order valence-corrected chi connectivity index (χ2v) is 5.67. The summed E-state index contributed by atoms with van der Waals surface area (Å²) in [6.45, 7) is 4.81. The quantitative estimate of drug-likeness (QED) is 0.780. The SMILES string of the molecule is CCc1ccc(NC(=O)c2cc(NC(C)=O)cc(NC(C)=O)c2)cc1. The van der Waals surface area contributed by atoms with E-state index in [1.807, 2.05) is 24.3 Å². The molecule has 6 heteroatoms. The minimum atomic E-state index is -0.331. The molecule has 0 radical (unpaired) electrons. The molecule has 0 atom stereocenters. The summed E-state index contributed by atoms with van der Waals surface area (Å²) < 4.78 is 0. The lowest BCUT2D eigenvalue weighted by atomic mass is 10.1. The molecule has 2 aromatic rings. The maximum atomic E-state index is 12.5. The molecule has 2 rings (SSSR count). The van der Waals surface area contributed by atoms with Crippen molar-refractivity contribution in [2.75, 3.05) is 16.0 Å². The monoisotopic (exact) mass is 339 g/mol. The van der Waals surface area contributed by atoms with Crippen LogP contribution < -0.4 is 16.0 Å². The van der Waals surface area contributed by atoms with Crippen LogP contribution >= 0.6 is 0 Å². The van der Waals surface area contributed by atoms with Crippen LogP contribution in [-0.2, 0) is 16.0 Å². The van der Waals surface area contributed by atoms with E-state index in [9.17, 15) is 14.4 Å². The molecule has 0 aliphatic heterocycles. The van der Waals surface area contributed by atoms with Gasteiger partial charge in [-0.05, 0) is 42.3 Å². The van der Waals surface area contributed by atoms with Crippen LogP contribution in [0, 0.1) is 0 Å². The first-order chi connectivity index (χ1) is 11.9. The van der Waals surface area contributed by atoms with Crippen LogP contribution in [0.1, 0.15) is 36.7 Å². The van der Waals surface area contributed by atoms with E-state index in [4.69, 9.17) is 0 Å². The number of rotatable bonds is 5. The summed E-state index contributed by atoms with van der Waals surface area (Å²) in [6.07, 6.45) is 0.924. The minimum Gasteiger partial charge on any atom is -0.326 e. The largest absolute Gasteiger partial charge is 0.326 e. The Morgan fingerprint density at radius 1 is 0.760 bits per heavy atom. The van der Waals surface area contributed by atoms with Crippen molar-refractivity contribution < 1.29 is 14.4 Å². The van der Waals surface area contributed by atoms with Crippen LogP contribution in [0.4, 0.5) is 17.1 Å². The molecular weight excluding hydrogens is 318 g/mol. The fourth-order valence-corrected chi connectivity index (χ4v) is 2.34. The molecule has 0 bridgehead atoms. The van der Waals surface area contributed by atoms with Gasteiger partial charge in [-0.3, -0.25) is 14.4 Å². The second kappa shape index (κ2) is 8.10. The molecule has 3 N–H and O–H groups in total. The van der Waals surface area contributed by atoms with Gasteiger partial charge in [0.2, 0.25) is 11.8 Å². The highest BCUT2D eigenvalue weighted by atomic mass is 16.2. The number of anilines is 3. The molecule has 130 valence electrons. The average molecular weight is 339 g/mol. The third-order valence-corrected chi connectivity index (χ3v) is 3.46. The first-order valence-electron chi connectivity index (χ1n) is 7.98. The first kappa shape index (κ1) is 18.2. The number of nitrogens with one attached hydrogen (secondary N) is 3. The Kier molecular flexibility index (Phi) is 5.89. The van der Waals surface area contributed by atoms with E-state index in [2.05, 4.69) is 22.9 Å². The van der Waals surface area contributed by atoms with Gasteiger partial charge in [0.15, 0.2) is 0 Å². The number of carbonyl (C=O) groups is 3. The molecule has 0 unspecified atom stereocenters. The molecule has 3 amide bonds. The Morgan fingerprint density at radius 2 is 1.28 bits per heavy atom. The highest BCUT2D eigenvalue weighted by Crippen LogP contribution is 2.21. The van der Waals surface area contributed by atoms with Crippen LogP contribution in [0.25, 0.3) is 0 Å². The number of aryl methyl sites for hydroxylation is 1. The fraction of sp³-hybridized carbons (Fsp3) is 0.211. The summed E-state index contributed by atoms with van der Waals surface area (Å²) in [7, 11) is 0. The highest BCUT2D eigenvalue weighted by Gasteiger charge is 2.11. The molecule has 0 aliphatic rings. The zero-order valence-corrected chi connectivity index (χ0v) is 14.5. The van der Waals surface area contributed by atoms with E-state index >= 15 is 0 Å². The van der Waals surface area contributed by atoms with Gasteiger partial charge < -0.3 is 16.0 Å². The van der Waals surface area contributed by atoms with Gasteiger partial charge in [0.25, 0.3) is 5.91 Å². The predicted octanol–water partition coefficient (Wildman–Crippen LogP) is 3.42. The van der Waals surface area contributed by atoms with Gasteiger partial charge in [0.1, 0.15) is 0 Å². The van der Waals surface area contributed by atoms with Gasteiger partial charge >= 0.3 is 0 Å². The summed E-state index contributed by atoms with van der Waals surface area (Å²) in [6, 6.07) is 12.3. The Bertz CT molecular complexity index is 764. The molecule has 0 saturated heterocycles. The summed E-state index contributed by atoms with van der Waals surface area (Å²) in [5.74, 6) is -0.856. The van der Waals surface area contributed by atoms with Gasteiger partial charge in [-0.2, -0.15) is 0 Å². The molecule has 0 spiro atoms. The fourth-order valence-electron chi connectivity index (χ4n) is 2.34. The molecule has 0 aliphatic carbocycles. The zero-order chi connectivity index (χ0) is 18.4. The summed E-state index contributed by atoms with van der Waals surface area (Å²) >= 11 is 0. The smallest absolute Gasteiger partial charge is 0.255 e. The summed E-state index contributed by atoms with van der Waals surface area (Å²) in [5, 5.41) is 8.05. The van der Waals surface area contributed by atoms with Crippen LogP contribution in [0.2, 0.25) is 0 Å². The third kappa shape index (κ3) is 5.46. The van der Waals surface area contributed by atoms with Crippen molar-refractivity contribution in [1.82, 2.24) is 0 Å². The van der Waals surface area contributed by atoms with Crippen molar-refractivity contribution in [3.63, 3.8) is 0 Å². The minimum absolute atomic E-state index is 0.263. The summed E-state index contributed by atoms with van der Waals surface area (Å²) in [4.78, 5) is 35.1. The average Bonchev–Trinajstić information content (AvgIpc) is 2.54. The van der Waals surface area contributed by atoms with E-state index in [-0.39, 0.29) is 17.7 Å². The molecule has 0 saturated carbocycles. The maximum absolute atomic E-state index is 12.5. The lowest BCUT2D eigenvalue weighted by molar-refractivity contribution is -0.115. The van der Waals surface area contributed by atoms with Crippen molar-refractivity contribution in [2.24, 2.45) is 0 Å². The molecular formula is C19H21N3O3. The van der Waals surface area contributed by atoms with Crippen LogP contribution in [0.15, 0.2) is 42.5 Å². The lowest BCUT2D eigenvalue weighted by Crippen LogP contribution is -2.15. The van der Waals surface area contributed by atoms with Gasteiger partial charge in [0, 0.05) is 36.5 Å². The van der Waals surface area contributed by atoms with Crippen molar-refractivity contribution in [3.05, 3.63) is 53.6 Å². The standard InChI is InChI=1S/C19H21N3O3/c1-4-14-5-7-16(8-6-14)22-19(25)15-9-17(20-12(2)23)11-18(10-15)21-13(3)24/h5-11H,4H2,1-3H3,(H,20,23)(H,21,24)(H,22,25). The zero-order valence-electron chi connectivity index (χ0n) is 14.5. The second-order valence-electron chi connectivity index (χ2n) is 5.67. The Hall–Kier alpha value is -3.15. The van der Waals surface area contributed by atoms with Gasteiger partial charge in [-0.15, -0.1) is 0 Å². The van der Waals surface area contributed by atoms with Crippen LogP contribution in [0.3, 0.4) is 0 Å². The number of benzene rings is 2. The van der Waals surface area contributed by atoms with Crippen molar-refractivity contribution in [3.8, 4) is 0 Å². The molecule has 0 heterocycles. The Labute approximate surface area is 146 Å². The van der Waals surface area contributed by atoms with E-state index in [0.29, 0.717) is 22.6 Å². The number of amides is 3. The first-order valence-corrected chi connectivity index (χ1v) is 7.98. The lowest BCUT2D eigenvalue weighted by Gasteiger charge is -2.11. The van der Waals surface area contributed by atoms with Crippen molar-refractivity contribution in [2.45, 2.75) is 27.2 Å². The van der Waals surface area contributed by atoms with E-state index in [0.717, 1.165) is 6.42 Å². The Morgan fingerprint density at radius 3 is 1.72 bits per heavy atom. The summed E-state index contributed by atoms with van der Waals surface area (Å²) in [5.41, 5.74) is 3.05. The highest BCUT2D eigenvalue weighted by molar-refractivity contribution is 6.06. The van der Waals surface area contributed by atoms with E-state index in [1.54, 1.807) is 18.2 Å². The van der Waals surface area contributed by atoms with E-state index < -0.39 is 0 Å². The topological polar surface area (TPSA) is 87.3 Å². The molecule has 25 heavy (non-hydrogen) atoms. The number of hydrogen-bond donors (Lipinski definition) is 3. The van der Waals surface area contributed by atoms with Crippen LogP contribution in [-0.4, -0.2) is 17.7 Å². The molecule has 0 aromatic heterocycles. The normalized spacial score (nSPS) is 10.0. The van der Waals surface area contributed by atoms with E-state index in [1.165, 1.54) is 19.4 Å². The molecule has 6 nitrogen and oxygen atoms in total. The number of hydrogen-bond acceptors (Lipinski definition) is 3. The van der Waals surface area contributed by atoms with Gasteiger partial charge in [-0.25, -0.2) is 0 Å². The molecule has 0 fully saturated rings.